The van der Waals surface area contributed by atoms with E-state index in [-0.39, 0.29) is 5.91 Å². The van der Waals surface area contributed by atoms with E-state index in [1.165, 1.54) is 6.33 Å². The second-order valence-corrected chi connectivity index (χ2v) is 5.82. The van der Waals surface area contributed by atoms with Crippen LogP contribution in [0.15, 0.2) is 61.1 Å². The summed E-state index contributed by atoms with van der Waals surface area (Å²) in [5.74, 6) is 1.16. The first-order valence-electron chi connectivity index (χ1n) is 8.61. The molecule has 0 fully saturated rings. The largest absolute Gasteiger partial charge is 0.497 e. The van der Waals surface area contributed by atoms with Crippen LogP contribution in [0, 0.1) is 0 Å². The molecule has 2 N–H and O–H groups in total. The fraction of sp³-hybridized carbons (Fsp3) is 0.200. The highest BCUT2D eigenvalue weighted by Gasteiger charge is 2.08. The van der Waals surface area contributed by atoms with Gasteiger partial charge in [0, 0.05) is 18.8 Å². The van der Waals surface area contributed by atoms with E-state index >= 15 is 0 Å². The lowest BCUT2D eigenvalue weighted by atomic mass is 10.1. The van der Waals surface area contributed by atoms with Crippen LogP contribution in [0.5, 0.6) is 5.75 Å². The molecule has 1 aromatic carbocycles. The molecule has 7 heteroatoms. The number of benzene rings is 1. The Bertz CT molecular complexity index is 869. The third-order valence-electron chi connectivity index (χ3n) is 3.93. The van der Waals surface area contributed by atoms with Crippen LogP contribution < -0.4 is 15.4 Å². The Labute approximate surface area is 157 Å². The van der Waals surface area contributed by atoms with Gasteiger partial charge in [-0.25, -0.2) is 9.97 Å². The van der Waals surface area contributed by atoms with Crippen molar-refractivity contribution in [2.24, 2.45) is 0 Å². The minimum atomic E-state index is -0.230. The molecular weight excluding hydrogens is 342 g/mol. The van der Waals surface area contributed by atoms with Gasteiger partial charge >= 0.3 is 0 Å². The van der Waals surface area contributed by atoms with Gasteiger partial charge in [0.15, 0.2) is 0 Å². The van der Waals surface area contributed by atoms with Gasteiger partial charge in [0.1, 0.15) is 23.6 Å². The van der Waals surface area contributed by atoms with Crippen LogP contribution in [0.25, 0.3) is 0 Å². The molecule has 0 aliphatic carbocycles. The van der Waals surface area contributed by atoms with Gasteiger partial charge in [-0.2, -0.15) is 0 Å². The number of nitrogens with one attached hydrogen (secondary N) is 2. The molecule has 0 aliphatic heterocycles. The van der Waals surface area contributed by atoms with Gasteiger partial charge in [0.25, 0.3) is 5.91 Å². The maximum atomic E-state index is 12.3. The highest BCUT2D eigenvalue weighted by Crippen LogP contribution is 2.11. The van der Waals surface area contributed by atoms with Crippen molar-refractivity contribution < 1.29 is 9.53 Å². The number of hydrogen-bond acceptors (Lipinski definition) is 6. The first-order chi connectivity index (χ1) is 13.2. The van der Waals surface area contributed by atoms with Gasteiger partial charge in [0.05, 0.1) is 19.3 Å². The van der Waals surface area contributed by atoms with Crippen molar-refractivity contribution in [3.8, 4) is 5.75 Å². The number of pyridine rings is 1. The molecule has 0 saturated carbocycles. The van der Waals surface area contributed by atoms with E-state index in [9.17, 15) is 4.79 Å². The summed E-state index contributed by atoms with van der Waals surface area (Å²) in [5, 5.41) is 6.02. The molecule has 1 amide bonds. The summed E-state index contributed by atoms with van der Waals surface area (Å²) in [6.45, 7) is 1.04. The number of anilines is 1. The quantitative estimate of drug-likeness (QED) is 0.639. The fourth-order valence-corrected chi connectivity index (χ4v) is 2.47. The lowest BCUT2D eigenvalue weighted by Crippen LogP contribution is -2.26. The average Bonchev–Trinajstić information content (AvgIpc) is 2.73. The number of aromatic nitrogens is 3. The number of carbonyl (C=O) groups excluding carboxylic acids is 1. The second-order valence-electron chi connectivity index (χ2n) is 5.82. The summed E-state index contributed by atoms with van der Waals surface area (Å²) in [4.78, 5) is 24.7. The number of nitrogens with zero attached hydrogens (tertiary/aromatic N) is 3. The zero-order valence-corrected chi connectivity index (χ0v) is 15.1. The Balaban J connectivity index is 1.50. The molecule has 3 aromatic rings. The Morgan fingerprint density at radius 1 is 1.07 bits per heavy atom. The number of amides is 1. The molecular formula is C20H21N5O2. The topological polar surface area (TPSA) is 89.0 Å². The van der Waals surface area contributed by atoms with Gasteiger partial charge in [0.2, 0.25) is 0 Å². The Hall–Kier alpha value is -3.48. The van der Waals surface area contributed by atoms with Crippen LogP contribution in [-0.4, -0.2) is 34.5 Å². The van der Waals surface area contributed by atoms with Gasteiger partial charge in [-0.05, 0) is 36.2 Å². The van der Waals surface area contributed by atoms with E-state index in [1.807, 2.05) is 42.5 Å². The van der Waals surface area contributed by atoms with Crippen molar-refractivity contribution >= 4 is 11.7 Å². The summed E-state index contributed by atoms with van der Waals surface area (Å²) in [6, 6.07) is 15.1. The number of ether oxygens (including phenoxy) is 1. The molecule has 0 spiro atoms. The van der Waals surface area contributed by atoms with E-state index in [0.29, 0.717) is 24.6 Å². The van der Waals surface area contributed by atoms with Crippen molar-refractivity contribution in [2.45, 2.75) is 13.0 Å². The SMILES string of the molecule is COc1ccc(CCNC(=O)c2cc(NCc3ccccn3)ncn2)cc1. The Kier molecular flexibility index (Phi) is 6.30. The van der Waals surface area contributed by atoms with Crippen LogP contribution >= 0.6 is 0 Å². The predicted octanol–water partition coefficient (Wildman–Crippen LogP) is 2.46. The van der Waals surface area contributed by atoms with E-state index in [0.717, 1.165) is 23.4 Å². The van der Waals surface area contributed by atoms with E-state index in [4.69, 9.17) is 4.74 Å². The van der Waals surface area contributed by atoms with E-state index < -0.39 is 0 Å². The van der Waals surface area contributed by atoms with E-state index in [1.54, 1.807) is 19.4 Å². The van der Waals surface area contributed by atoms with Gasteiger partial charge < -0.3 is 15.4 Å². The standard InChI is InChI=1S/C20H21N5O2/c1-27-17-7-5-15(6-8-17)9-11-22-20(26)18-12-19(25-14-24-18)23-13-16-4-2-3-10-21-16/h2-8,10,12,14H,9,11,13H2,1H3,(H,22,26)(H,23,24,25). The predicted molar refractivity (Wildman–Crippen MR) is 103 cm³/mol. The maximum Gasteiger partial charge on any atom is 0.270 e. The molecule has 3 rings (SSSR count). The van der Waals surface area contributed by atoms with Crippen molar-refractivity contribution in [2.75, 3.05) is 19.0 Å². The molecule has 7 nitrogen and oxygen atoms in total. The zero-order valence-electron chi connectivity index (χ0n) is 15.1. The van der Waals surface area contributed by atoms with Crippen LogP contribution in [0.4, 0.5) is 5.82 Å². The third-order valence-corrected chi connectivity index (χ3v) is 3.93. The normalized spacial score (nSPS) is 10.3. The number of carbonyl (C=O) groups is 1. The molecule has 0 unspecified atom stereocenters. The first-order valence-corrected chi connectivity index (χ1v) is 8.61. The first kappa shape index (κ1) is 18.3. The summed E-state index contributed by atoms with van der Waals surface area (Å²) >= 11 is 0. The lowest BCUT2D eigenvalue weighted by Gasteiger charge is -2.08. The Morgan fingerprint density at radius 2 is 1.93 bits per heavy atom. The number of hydrogen-bond donors (Lipinski definition) is 2. The van der Waals surface area contributed by atoms with Crippen LogP contribution in [0.1, 0.15) is 21.7 Å². The summed E-state index contributed by atoms with van der Waals surface area (Å²) in [5.41, 5.74) is 2.33. The molecule has 2 aromatic heterocycles. The van der Waals surface area contributed by atoms with Crippen LogP contribution in [0.3, 0.4) is 0 Å². The molecule has 2 heterocycles. The minimum Gasteiger partial charge on any atom is -0.497 e. The lowest BCUT2D eigenvalue weighted by molar-refractivity contribution is 0.0949. The van der Waals surface area contributed by atoms with Gasteiger partial charge in [-0.1, -0.05) is 18.2 Å². The molecule has 27 heavy (non-hydrogen) atoms. The minimum absolute atomic E-state index is 0.230. The van der Waals surface area contributed by atoms with Crippen molar-refractivity contribution in [3.63, 3.8) is 0 Å². The van der Waals surface area contributed by atoms with Crippen molar-refractivity contribution in [1.29, 1.82) is 0 Å². The molecule has 0 radical (unpaired) electrons. The highest BCUT2D eigenvalue weighted by molar-refractivity contribution is 5.92. The van der Waals surface area contributed by atoms with Gasteiger partial charge in [-0.15, -0.1) is 0 Å². The zero-order chi connectivity index (χ0) is 18.9. The second kappa shape index (κ2) is 9.28. The monoisotopic (exact) mass is 363 g/mol. The van der Waals surface area contributed by atoms with E-state index in [2.05, 4.69) is 25.6 Å². The molecule has 0 aliphatic rings. The van der Waals surface area contributed by atoms with Crippen molar-refractivity contribution in [1.82, 2.24) is 20.3 Å². The highest BCUT2D eigenvalue weighted by atomic mass is 16.5. The van der Waals surface area contributed by atoms with Crippen LogP contribution in [-0.2, 0) is 13.0 Å². The average molecular weight is 363 g/mol. The summed E-state index contributed by atoms with van der Waals surface area (Å²) in [6.07, 6.45) is 3.84. The number of methoxy groups -OCH3 is 1. The third kappa shape index (κ3) is 5.50. The van der Waals surface area contributed by atoms with Gasteiger partial charge in [-0.3, -0.25) is 9.78 Å². The Morgan fingerprint density at radius 3 is 2.67 bits per heavy atom. The molecule has 0 bridgehead atoms. The van der Waals surface area contributed by atoms with Crippen LogP contribution in [0.2, 0.25) is 0 Å². The van der Waals surface area contributed by atoms with Crippen molar-refractivity contribution in [3.05, 3.63) is 78.0 Å². The smallest absolute Gasteiger partial charge is 0.270 e. The summed E-state index contributed by atoms with van der Waals surface area (Å²) in [7, 11) is 1.64. The molecule has 138 valence electrons. The maximum absolute atomic E-state index is 12.3. The fourth-order valence-electron chi connectivity index (χ4n) is 2.47. The molecule has 0 atom stereocenters. The number of rotatable bonds is 8. The summed E-state index contributed by atoms with van der Waals surface area (Å²) < 4.78 is 5.14. The molecule has 0 saturated heterocycles.